The van der Waals surface area contributed by atoms with Gasteiger partial charge >= 0.3 is 12.0 Å². The van der Waals surface area contributed by atoms with Crippen molar-refractivity contribution in [2.75, 3.05) is 5.32 Å². The molecule has 0 radical (unpaired) electrons. The zero-order valence-corrected chi connectivity index (χ0v) is 21.4. The van der Waals surface area contributed by atoms with Crippen molar-refractivity contribution < 1.29 is 36.5 Å². The van der Waals surface area contributed by atoms with Crippen molar-refractivity contribution in [1.82, 2.24) is 14.8 Å². The van der Waals surface area contributed by atoms with E-state index in [2.05, 4.69) is 31.3 Å². The Balaban J connectivity index is 1.52. The molecule has 12 nitrogen and oxygen atoms in total. The Morgan fingerprint density at radius 1 is 1.28 bits per heavy atom. The van der Waals surface area contributed by atoms with E-state index in [9.17, 15) is 32.9 Å². The van der Waals surface area contributed by atoms with Gasteiger partial charge in [0.2, 0.25) is 0 Å². The summed E-state index contributed by atoms with van der Waals surface area (Å²) in [6.07, 6.45) is -2.19. The summed E-state index contributed by atoms with van der Waals surface area (Å²) in [4.78, 5) is 38.8. The summed E-state index contributed by atoms with van der Waals surface area (Å²) in [5, 5.41) is 17.3. The standard InChI is InChI=1S/C22H12BrF3N6O6S/c23-11-8-31(30-19(11)32(35)36)7-9-3-4-13(38-9)20(34)29-16-15-10(12-2-1-5-37-12)6-14(22(24,25)26)28-21(15)39-17(16)18(27)33/h1-6,8H,7H2,(H2,27,33)(H,29,34). The van der Waals surface area contributed by atoms with Gasteiger partial charge in [-0.2, -0.15) is 17.9 Å². The van der Waals surface area contributed by atoms with E-state index in [1.165, 1.54) is 41.4 Å². The van der Waals surface area contributed by atoms with Gasteiger partial charge in [-0.05, 0) is 51.2 Å². The molecule has 200 valence electrons. The minimum Gasteiger partial charge on any atom is -0.464 e. The number of nitrogens with zero attached hydrogens (tertiary/aromatic N) is 4. The number of anilines is 1. The second-order valence-corrected chi connectivity index (χ2v) is 9.71. The van der Waals surface area contributed by atoms with Crippen molar-refractivity contribution in [3.05, 3.63) is 79.5 Å². The van der Waals surface area contributed by atoms with Crippen LogP contribution < -0.4 is 11.1 Å². The number of nitrogens with one attached hydrogen (secondary N) is 1. The lowest BCUT2D eigenvalue weighted by Gasteiger charge is -2.10. The number of nitro groups is 1. The van der Waals surface area contributed by atoms with Gasteiger partial charge in [0.15, 0.2) is 5.76 Å². The van der Waals surface area contributed by atoms with E-state index < -0.39 is 34.4 Å². The Morgan fingerprint density at radius 3 is 2.67 bits per heavy atom. The first kappa shape index (κ1) is 26.1. The first-order chi connectivity index (χ1) is 18.4. The fourth-order valence-corrected chi connectivity index (χ4v) is 5.14. The van der Waals surface area contributed by atoms with Gasteiger partial charge in [0.05, 0.1) is 23.2 Å². The van der Waals surface area contributed by atoms with E-state index in [-0.39, 0.29) is 54.6 Å². The molecule has 39 heavy (non-hydrogen) atoms. The summed E-state index contributed by atoms with van der Waals surface area (Å²) in [7, 11) is 0. The first-order valence-electron chi connectivity index (χ1n) is 10.6. The van der Waals surface area contributed by atoms with Crippen LogP contribution >= 0.6 is 27.3 Å². The van der Waals surface area contributed by atoms with Crippen LogP contribution in [0.25, 0.3) is 21.5 Å². The van der Waals surface area contributed by atoms with E-state index in [0.717, 1.165) is 6.07 Å². The minimum absolute atomic E-state index is 0.0191. The molecule has 0 aliphatic heterocycles. The van der Waals surface area contributed by atoms with Crippen LogP contribution in [0.15, 0.2) is 56.1 Å². The molecule has 0 aliphatic rings. The van der Waals surface area contributed by atoms with Crippen molar-refractivity contribution in [2.24, 2.45) is 5.73 Å². The van der Waals surface area contributed by atoms with Gasteiger partial charge in [0, 0.05) is 10.9 Å². The van der Waals surface area contributed by atoms with Crippen molar-refractivity contribution in [1.29, 1.82) is 0 Å². The number of nitrogens with two attached hydrogens (primary N) is 1. The van der Waals surface area contributed by atoms with E-state index in [1.807, 2.05) is 0 Å². The summed E-state index contributed by atoms with van der Waals surface area (Å²) < 4.78 is 52.9. The number of hydrogen-bond donors (Lipinski definition) is 2. The van der Waals surface area contributed by atoms with Gasteiger partial charge in [-0.15, -0.1) is 11.3 Å². The van der Waals surface area contributed by atoms with Gasteiger partial charge in [0.25, 0.3) is 11.8 Å². The van der Waals surface area contributed by atoms with Crippen LogP contribution in [0.2, 0.25) is 0 Å². The lowest BCUT2D eigenvalue weighted by molar-refractivity contribution is -0.390. The third-order valence-corrected chi connectivity index (χ3v) is 6.93. The normalized spacial score (nSPS) is 11.7. The summed E-state index contributed by atoms with van der Waals surface area (Å²) in [6, 6.07) is 6.37. The summed E-state index contributed by atoms with van der Waals surface area (Å²) in [6.45, 7) is -0.0551. The number of thiophene rings is 1. The van der Waals surface area contributed by atoms with Crippen LogP contribution in [0.4, 0.5) is 24.7 Å². The second kappa shape index (κ2) is 9.66. The van der Waals surface area contributed by atoms with E-state index in [4.69, 9.17) is 14.6 Å². The monoisotopic (exact) mass is 624 g/mol. The molecule has 3 N–H and O–H groups in total. The Kier molecular flexibility index (Phi) is 6.47. The maximum atomic E-state index is 13.6. The van der Waals surface area contributed by atoms with E-state index >= 15 is 0 Å². The lowest BCUT2D eigenvalue weighted by atomic mass is 10.1. The zero-order valence-electron chi connectivity index (χ0n) is 19.0. The highest BCUT2D eigenvalue weighted by molar-refractivity contribution is 9.10. The predicted octanol–water partition coefficient (Wildman–Crippen LogP) is 5.43. The molecule has 5 rings (SSSR count). The number of halogens is 4. The Morgan fingerprint density at radius 2 is 2.05 bits per heavy atom. The van der Waals surface area contributed by atoms with Gasteiger partial charge in [-0.3, -0.25) is 9.59 Å². The molecule has 5 heterocycles. The number of furan rings is 2. The fourth-order valence-electron chi connectivity index (χ4n) is 3.67. The number of primary amides is 1. The molecule has 0 spiro atoms. The van der Waals surface area contributed by atoms with Crippen molar-refractivity contribution in [3.8, 4) is 11.3 Å². The molecule has 5 aromatic rings. The highest BCUT2D eigenvalue weighted by Crippen LogP contribution is 2.44. The number of hydrogen-bond acceptors (Lipinski definition) is 9. The van der Waals surface area contributed by atoms with Crippen LogP contribution in [0.5, 0.6) is 0 Å². The lowest BCUT2D eigenvalue weighted by Crippen LogP contribution is -2.16. The number of amides is 2. The first-order valence-corrected chi connectivity index (χ1v) is 12.2. The third-order valence-electron chi connectivity index (χ3n) is 5.28. The molecule has 0 atom stereocenters. The summed E-state index contributed by atoms with van der Waals surface area (Å²) in [5.74, 6) is -2.22. The van der Waals surface area contributed by atoms with Crippen LogP contribution in [-0.4, -0.2) is 31.5 Å². The SMILES string of the molecule is NC(=O)c1sc2nc(C(F)(F)F)cc(-c3ccco3)c2c1NC(=O)c1ccc(Cn2cc(Br)c([N+](=O)[O-])n2)o1. The van der Waals surface area contributed by atoms with Gasteiger partial charge in [-0.25, -0.2) is 4.98 Å². The van der Waals surface area contributed by atoms with Crippen molar-refractivity contribution >= 4 is 60.8 Å². The van der Waals surface area contributed by atoms with E-state index in [0.29, 0.717) is 11.3 Å². The third kappa shape index (κ3) is 5.00. The smallest absolute Gasteiger partial charge is 0.433 e. The Hall–Kier alpha value is -4.51. The number of carbonyl (C=O) groups excluding carboxylic acids is 2. The molecule has 0 saturated carbocycles. The molecular formula is C22H12BrF3N6O6S. The number of pyridine rings is 1. The quantitative estimate of drug-likeness (QED) is 0.178. The molecular weight excluding hydrogens is 613 g/mol. The summed E-state index contributed by atoms with van der Waals surface area (Å²) >= 11 is 3.62. The molecule has 2 amide bonds. The van der Waals surface area contributed by atoms with Gasteiger partial charge in [-0.1, -0.05) is 0 Å². The number of fused-ring (bicyclic) bond motifs is 1. The van der Waals surface area contributed by atoms with Gasteiger partial charge < -0.3 is 30.0 Å². The zero-order chi connectivity index (χ0) is 28.1. The number of alkyl halides is 3. The largest absolute Gasteiger partial charge is 0.464 e. The van der Waals surface area contributed by atoms with Crippen LogP contribution in [0.3, 0.4) is 0 Å². The average Bonchev–Trinajstić information content (AvgIpc) is 3.65. The Labute approximate surface area is 226 Å². The number of carbonyl (C=O) groups is 2. The maximum Gasteiger partial charge on any atom is 0.433 e. The van der Waals surface area contributed by atoms with Crippen molar-refractivity contribution in [2.45, 2.75) is 12.7 Å². The molecule has 0 aromatic carbocycles. The maximum absolute atomic E-state index is 13.6. The predicted molar refractivity (Wildman–Crippen MR) is 133 cm³/mol. The molecule has 0 unspecified atom stereocenters. The van der Waals surface area contributed by atoms with Gasteiger partial charge in [0.1, 0.15) is 37.9 Å². The second-order valence-electron chi connectivity index (χ2n) is 7.86. The number of rotatable bonds is 7. The topological polar surface area (TPSA) is 172 Å². The summed E-state index contributed by atoms with van der Waals surface area (Å²) in [5.41, 5.74) is 4.02. The number of aromatic nitrogens is 3. The molecule has 0 saturated heterocycles. The molecule has 0 aliphatic carbocycles. The molecule has 0 bridgehead atoms. The highest BCUT2D eigenvalue weighted by Gasteiger charge is 2.35. The minimum atomic E-state index is -4.80. The highest BCUT2D eigenvalue weighted by atomic mass is 79.9. The fraction of sp³-hybridized carbons (Fsp3) is 0.0909. The van der Waals surface area contributed by atoms with Crippen LogP contribution in [0.1, 0.15) is 31.7 Å². The molecule has 17 heteroatoms. The van der Waals surface area contributed by atoms with Crippen molar-refractivity contribution in [3.63, 3.8) is 0 Å². The molecule has 0 fully saturated rings. The average molecular weight is 625 g/mol. The van der Waals surface area contributed by atoms with Crippen LogP contribution in [0, 0.1) is 10.1 Å². The Bertz CT molecular complexity index is 1760. The molecule has 5 aromatic heterocycles. The van der Waals surface area contributed by atoms with Crippen LogP contribution in [-0.2, 0) is 12.7 Å². The van der Waals surface area contributed by atoms with E-state index in [1.54, 1.807) is 0 Å².